The van der Waals surface area contributed by atoms with Gasteiger partial charge in [0.2, 0.25) is 17.6 Å². The molecule has 1 aliphatic heterocycles. The Morgan fingerprint density at radius 1 is 1.46 bits per heavy atom. The number of aromatic nitrogens is 2. The minimum atomic E-state index is -0.307. The predicted octanol–water partition coefficient (Wildman–Crippen LogP) is 2.80. The van der Waals surface area contributed by atoms with Crippen molar-refractivity contribution in [1.29, 1.82) is 0 Å². The normalized spacial score (nSPS) is 19.7. The van der Waals surface area contributed by atoms with Gasteiger partial charge in [0.1, 0.15) is 5.82 Å². The molecule has 0 aliphatic carbocycles. The maximum Gasteiger partial charge on any atom is 0.227 e. The fourth-order valence-electron chi connectivity index (χ4n) is 2.95. The highest BCUT2D eigenvalue weighted by Crippen LogP contribution is 2.19. The number of piperidine rings is 1. The molecule has 3 rings (SSSR count). The minimum Gasteiger partial charge on any atom is -0.352 e. The van der Waals surface area contributed by atoms with E-state index >= 15 is 0 Å². The second-order valence-electron chi connectivity index (χ2n) is 6.53. The number of carbonyl (C=O) groups is 1. The summed E-state index contributed by atoms with van der Waals surface area (Å²) in [5.41, 5.74) is 1.13. The Morgan fingerprint density at radius 2 is 2.27 bits per heavy atom. The molecular formula is C18H24ClFN4O2. The molecule has 0 radical (unpaired) electrons. The van der Waals surface area contributed by atoms with Gasteiger partial charge in [0.25, 0.3) is 0 Å². The third-order valence-corrected chi connectivity index (χ3v) is 4.57. The Morgan fingerprint density at radius 3 is 3.00 bits per heavy atom. The Balaban J connectivity index is 0.00000243. The number of aryl methyl sites for hydroxylation is 2. The van der Waals surface area contributed by atoms with Gasteiger partial charge in [-0.1, -0.05) is 17.3 Å². The van der Waals surface area contributed by atoms with E-state index in [4.69, 9.17) is 4.52 Å². The Hall–Kier alpha value is -1.99. The van der Waals surface area contributed by atoms with Gasteiger partial charge in [0.05, 0.1) is 0 Å². The molecule has 1 aromatic heterocycles. The van der Waals surface area contributed by atoms with Crippen LogP contribution in [0.4, 0.5) is 4.39 Å². The standard InChI is InChI=1S/C18H23FN4O2.ClH/c1-11-5-6-13(10-14(11)19)18-22-17(25-23-18)8-7-16(24)21-15-4-3-9-20-12(15)2;/h5-6,10,12,15,20H,3-4,7-9H2,1-2H3,(H,21,24);1H. The van der Waals surface area contributed by atoms with Crippen molar-refractivity contribution in [1.82, 2.24) is 20.8 Å². The summed E-state index contributed by atoms with van der Waals surface area (Å²) >= 11 is 0. The second-order valence-corrected chi connectivity index (χ2v) is 6.53. The van der Waals surface area contributed by atoms with E-state index in [0.29, 0.717) is 29.3 Å². The molecule has 1 saturated heterocycles. The molecule has 2 atom stereocenters. The first kappa shape index (κ1) is 20.3. The van der Waals surface area contributed by atoms with E-state index in [0.717, 1.165) is 19.4 Å². The topological polar surface area (TPSA) is 80.0 Å². The molecule has 1 amide bonds. The quantitative estimate of drug-likeness (QED) is 0.831. The van der Waals surface area contributed by atoms with E-state index in [1.807, 2.05) is 0 Å². The summed E-state index contributed by atoms with van der Waals surface area (Å²) in [4.78, 5) is 16.4. The van der Waals surface area contributed by atoms with Crippen molar-refractivity contribution in [3.8, 4) is 11.4 Å². The smallest absolute Gasteiger partial charge is 0.227 e. The van der Waals surface area contributed by atoms with Crippen LogP contribution in [0.5, 0.6) is 0 Å². The summed E-state index contributed by atoms with van der Waals surface area (Å²) in [5, 5.41) is 10.3. The average Bonchev–Trinajstić information content (AvgIpc) is 3.07. The molecule has 6 nitrogen and oxygen atoms in total. The van der Waals surface area contributed by atoms with Crippen LogP contribution in [0.1, 0.15) is 37.6 Å². The summed E-state index contributed by atoms with van der Waals surface area (Å²) < 4.78 is 18.8. The lowest BCUT2D eigenvalue weighted by Gasteiger charge is -2.30. The number of hydrogen-bond acceptors (Lipinski definition) is 5. The summed E-state index contributed by atoms with van der Waals surface area (Å²) in [6.45, 7) is 4.77. The molecule has 2 unspecified atom stereocenters. The molecule has 1 aliphatic rings. The van der Waals surface area contributed by atoms with E-state index in [2.05, 4.69) is 27.7 Å². The highest BCUT2D eigenvalue weighted by atomic mass is 35.5. The van der Waals surface area contributed by atoms with E-state index in [-0.39, 0.29) is 42.6 Å². The first-order valence-corrected chi connectivity index (χ1v) is 8.65. The van der Waals surface area contributed by atoms with E-state index in [1.165, 1.54) is 6.07 Å². The molecule has 142 valence electrons. The molecule has 0 spiro atoms. The van der Waals surface area contributed by atoms with Crippen LogP contribution in [-0.4, -0.2) is 34.7 Å². The lowest BCUT2D eigenvalue weighted by Crippen LogP contribution is -2.51. The fraction of sp³-hybridized carbons (Fsp3) is 0.500. The predicted molar refractivity (Wildman–Crippen MR) is 98.6 cm³/mol. The van der Waals surface area contributed by atoms with Gasteiger partial charge in [-0.2, -0.15) is 4.98 Å². The number of carbonyl (C=O) groups excluding carboxylic acids is 1. The van der Waals surface area contributed by atoms with Crippen LogP contribution in [-0.2, 0) is 11.2 Å². The first-order chi connectivity index (χ1) is 12.0. The number of nitrogens with one attached hydrogen (secondary N) is 2. The van der Waals surface area contributed by atoms with Crippen molar-refractivity contribution < 1.29 is 13.7 Å². The van der Waals surface area contributed by atoms with Crippen LogP contribution in [0.15, 0.2) is 22.7 Å². The maximum atomic E-state index is 13.6. The Kier molecular flexibility index (Phi) is 7.11. The number of amides is 1. The van der Waals surface area contributed by atoms with Gasteiger partial charge in [0, 0.05) is 30.5 Å². The number of benzene rings is 1. The van der Waals surface area contributed by atoms with Crippen molar-refractivity contribution in [2.24, 2.45) is 0 Å². The van der Waals surface area contributed by atoms with Crippen LogP contribution >= 0.6 is 12.4 Å². The molecule has 1 fully saturated rings. The SMILES string of the molecule is Cc1ccc(-c2noc(CCC(=O)NC3CCCNC3C)n2)cc1F.Cl. The van der Waals surface area contributed by atoms with Crippen LogP contribution in [0.3, 0.4) is 0 Å². The zero-order chi connectivity index (χ0) is 17.8. The molecule has 26 heavy (non-hydrogen) atoms. The van der Waals surface area contributed by atoms with E-state index < -0.39 is 0 Å². The van der Waals surface area contributed by atoms with Gasteiger partial charge in [0.15, 0.2) is 0 Å². The molecule has 2 aromatic rings. The largest absolute Gasteiger partial charge is 0.352 e. The van der Waals surface area contributed by atoms with Crippen LogP contribution in [0, 0.1) is 12.7 Å². The van der Waals surface area contributed by atoms with Crippen LogP contribution in [0.25, 0.3) is 11.4 Å². The summed E-state index contributed by atoms with van der Waals surface area (Å²) in [7, 11) is 0. The Labute approximate surface area is 158 Å². The molecule has 1 aromatic carbocycles. The zero-order valence-electron chi connectivity index (χ0n) is 14.9. The average molecular weight is 383 g/mol. The second kappa shape index (κ2) is 9.09. The number of rotatable bonds is 5. The summed E-state index contributed by atoms with van der Waals surface area (Å²) in [6, 6.07) is 5.25. The first-order valence-electron chi connectivity index (χ1n) is 8.65. The van der Waals surface area contributed by atoms with Gasteiger partial charge in [-0.3, -0.25) is 4.79 Å². The van der Waals surface area contributed by atoms with Crippen molar-refractivity contribution in [3.63, 3.8) is 0 Å². The molecule has 2 N–H and O–H groups in total. The highest BCUT2D eigenvalue weighted by molar-refractivity contribution is 5.85. The van der Waals surface area contributed by atoms with Crippen molar-refractivity contribution in [2.45, 2.75) is 51.6 Å². The summed E-state index contributed by atoms with van der Waals surface area (Å²) in [5.74, 6) is 0.375. The number of hydrogen-bond donors (Lipinski definition) is 2. The van der Waals surface area contributed by atoms with Gasteiger partial charge < -0.3 is 15.2 Å². The number of nitrogens with zero attached hydrogens (tertiary/aromatic N) is 2. The molecule has 0 bridgehead atoms. The Bertz CT molecular complexity index is 753. The molecule has 0 saturated carbocycles. The van der Waals surface area contributed by atoms with Crippen LogP contribution < -0.4 is 10.6 Å². The van der Waals surface area contributed by atoms with Crippen molar-refractivity contribution >= 4 is 18.3 Å². The lowest BCUT2D eigenvalue weighted by molar-refractivity contribution is -0.122. The monoisotopic (exact) mass is 382 g/mol. The van der Waals surface area contributed by atoms with E-state index in [1.54, 1.807) is 19.1 Å². The molecule has 2 heterocycles. The van der Waals surface area contributed by atoms with Gasteiger partial charge in [-0.25, -0.2) is 4.39 Å². The van der Waals surface area contributed by atoms with Gasteiger partial charge in [-0.05, 0) is 44.9 Å². The molecular weight excluding hydrogens is 359 g/mol. The minimum absolute atomic E-state index is 0. The lowest BCUT2D eigenvalue weighted by atomic mass is 10.00. The summed E-state index contributed by atoms with van der Waals surface area (Å²) in [6.07, 6.45) is 2.70. The zero-order valence-corrected chi connectivity index (χ0v) is 15.7. The third kappa shape index (κ3) is 5.02. The van der Waals surface area contributed by atoms with E-state index in [9.17, 15) is 9.18 Å². The number of halogens is 2. The molecule has 8 heteroatoms. The highest BCUT2D eigenvalue weighted by Gasteiger charge is 2.22. The van der Waals surface area contributed by atoms with Gasteiger partial charge in [-0.15, -0.1) is 12.4 Å². The van der Waals surface area contributed by atoms with Crippen molar-refractivity contribution in [2.75, 3.05) is 6.54 Å². The maximum absolute atomic E-state index is 13.6. The van der Waals surface area contributed by atoms with Crippen LogP contribution in [0.2, 0.25) is 0 Å². The van der Waals surface area contributed by atoms with Crippen molar-refractivity contribution in [3.05, 3.63) is 35.5 Å². The van der Waals surface area contributed by atoms with Gasteiger partial charge >= 0.3 is 0 Å². The fourth-order valence-corrected chi connectivity index (χ4v) is 2.95. The third-order valence-electron chi connectivity index (χ3n) is 4.57.